The zero-order chi connectivity index (χ0) is 15.5. The number of nitrogens with one attached hydrogen (secondary N) is 1. The molecule has 2 fully saturated rings. The van der Waals surface area contributed by atoms with Gasteiger partial charge in [0.05, 0.1) is 6.54 Å². The molecule has 4 rings (SSSR count). The van der Waals surface area contributed by atoms with Crippen molar-refractivity contribution < 1.29 is 4.52 Å². The topological polar surface area (TPSA) is 80.0 Å². The standard InChI is InChI=1S/C16H22N6O/c1-2-14(19-8-12-6-17-11-18-7-12)9-22(5-1)10-15-20-16(23-21-15)13-3-4-13/h6-7,11,13-14,19H,1-5,8-10H2. The van der Waals surface area contributed by atoms with Crippen molar-refractivity contribution in [3.05, 3.63) is 36.0 Å². The van der Waals surface area contributed by atoms with Crippen molar-refractivity contribution in [2.45, 2.75) is 50.7 Å². The molecular weight excluding hydrogens is 292 g/mol. The van der Waals surface area contributed by atoms with Crippen molar-refractivity contribution in [1.82, 2.24) is 30.3 Å². The molecular formula is C16H22N6O. The Kier molecular flexibility index (Phi) is 4.30. The lowest BCUT2D eigenvalue weighted by Gasteiger charge is -2.32. The summed E-state index contributed by atoms with van der Waals surface area (Å²) in [5.74, 6) is 2.18. The first-order valence-electron chi connectivity index (χ1n) is 8.39. The van der Waals surface area contributed by atoms with Crippen LogP contribution in [0.1, 0.15) is 48.9 Å². The first kappa shape index (κ1) is 14.7. The van der Waals surface area contributed by atoms with E-state index in [1.807, 2.05) is 12.4 Å². The van der Waals surface area contributed by atoms with Gasteiger partial charge in [-0.2, -0.15) is 4.98 Å². The van der Waals surface area contributed by atoms with Crippen molar-refractivity contribution in [1.29, 1.82) is 0 Å². The lowest BCUT2D eigenvalue weighted by molar-refractivity contribution is 0.177. The van der Waals surface area contributed by atoms with Gasteiger partial charge < -0.3 is 9.84 Å². The smallest absolute Gasteiger partial charge is 0.229 e. The first-order valence-corrected chi connectivity index (χ1v) is 8.39. The quantitative estimate of drug-likeness (QED) is 0.865. The van der Waals surface area contributed by atoms with Crippen LogP contribution in [-0.4, -0.2) is 44.1 Å². The average Bonchev–Trinajstić information content (AvgIpc) is 3.34. The molecule has 1 unspecified atom stereocenters. The van der Waals surface area contributed by atoms with Crippen LogP contribution in [0.3, 0.4) is 0 Å². The van der Waals surface area contributed by atoms with Gasteiger partial charge in [-0.05, 0) is 32.2 Å². The van der Waals surface area contributed by atoms with Crippen molar-refractivity contribution in [3.63, 3.8) is 0 Å². The highest BCUT2D eigenvalue weighted by Crippen LogP contribution is 2.38. The zero-order valence-corrected chi connectivity index (χ0v) is 13.2. The summed E-state index contributed by atoms with van der Waals surface area (Å²) in [6, 6.07) is 0.485. The molecule has 1 N–H and O–H groups in total. The SMILES string of the molecule is c1ncc(CNC2CCCN(Cc3noc(C4CC4)n3)C2)cn1. The molecule has 1 saturated heterocycles. The maximum atomic E-state index is 5.34. The van der Waals surface area contributed by atoms with Crippen LogP contribution in [0.15, 0.2) is 23.2 Å². The Balaban J connectivity index is 1.28. The molecule has 1 aliphatic heterocycles. The molecule has 1 aliphatic carbocycles. The van der Waals surface area contributed by atoms with Crippen molar-refractivity contribution in [3.8, 4) is 0 Å². The Hall–Kier alpha value is -1.86. The van der Waals surface area contributed by atoms with E-state index in [4.69, 9.17) is 4.52 Å². The lowest BCUT2D eigenvalue weighted by atomic mass is 10.1. The number of rotatable bonds is 6. The molecule has 7 nitrogen and oxygen atoms in total. The summed E-state index contributed by atoms with van der Waals surface area (Å²) in [5, 5.41) is 7.73. The van der Waals surface area contributed by atoms with Gasteiger partial charge in [0.2, 0.25) is 5.89 Å². The number of hydrogen-bond acceptors (Lipinski definition) is 7. The largest absolute Gasteiger partial charge is 0.339 e. The highest BCUT2D eigenvalue weighted by Gasteiger charge is 2.30. The van der Waals surface area contributed by atoms with E-state index < -0.39 is 0 Å². The third-order valence-corrected chi connectivity index (χ3v) is 4.49. The molecule has 3 heterocycles. The Labute approximate surface area is 135 Å². The summed E-state index contributed by atoms with van der Waals surface area (Å²) in [6.07, 6.45) is 10.1. The monoisotopic (exact) mass is 314 g/mol. The van der Waals surface area contributed by atoms with Crippen LogP contribution in [0.4, 0.5) is 0 Å². The van der Waals surface area contributed by atoms with E-state index in [1.165, 1.54) is 25.7 Å². The molecule has 2 aromatic heterocycles. The van der Waals surface area contributed by atoms with Gasteiger partial charge in [0.1, 0.15) is 6.33 Å². The van der Waals surface area contributed by atoms with E-state index in [9.17, 15) is 0 Å². The van der Waals surface area contributed by atoms with Crippen LogP contribution < -0.4 is 5.32 Å². The van der Waals surface area contributed by atoms with Gasteiger partial charge in [-0.15, -0.1) is 0 Å². The summed E-state index contributed by atoms with van der Waals surface area (Å²) in [4.78, 5) is 15.0. The fourth-order valence-electron chi connectivity index (χ4n) is 3.08. The predicted octanol–water partition coefficient (Wildman–Crippen LogP) is 1.49. The van der Waals surface area contributed by atoms with Gasteiger partial charge in [0.15, 0.2) is 5.82 Å². The minimum absolute atomic E-state index is 0.485. The van der Waals surface area contributed by atoms with Crippen LogP contribution in [0.25, 0.3) is 0 Å². The van der Waals surface area contributed by atoms with Crippen molar-refractivity contribution >= 4 is 0 Å². The molecule has 1 saturated carbocycles. The fraction of sp³-hybridized carbons (Fsp3) is 0.625. The second-order valence-electron chi connectivity index (χ2n) is 6.53. The molecule has 0 amide bonds. The fourth-order valence-corrected chi connectivity index (χ4v) is 3.08. The third kappa shape index (κ3) is 3.92. The molecule has 0 aromatic carbocycles. The second-order valence-corrected chi connectivity index (χ2v) is 6.53. The van der Waals surface area contributed by atoms with Crippen LogP contribution in [-0.2, 0) is 13.1 Å². The van der Waals surface area contributed by atoms with E-state index >= 15 is 0 Å². The van der Waals surface area contributed by atoms with E-state index in [1.54, 1.807) is 6.33 Å². The van der Waals surface area contributed by atoms with Gasteiger partial charge in [-0.25, -0.2) is 9.97 Å². The molecule has 0 bridgehead atoms. The third-order valence-electron chi connectivity index (χ3n) is 4.49. The maximum Gasteiger partial charge on any atom is 0.229 e. The predicted molar refractivity (Wildman–Crippen MR) is 83.4 cm³/mol. The van der Waals surface area contributed by atoms with Crippen LogP contribution in [0.5, 0.6) is 0 Å². The summed E-state index contributed by atoms with van der Waals surface area (Å²) in [5.41, 5.74) is 1.12. The number of piperidine rings is 1. The van der Waals surface area contributed by atoms with E-state index in [0.29, 0.717) is 12.0 Å². The summed E-state index contributed by atoms with van der Waals surface area (Å²) < 4.78 is 5.34. The Bertz CT molecular complexity index is 627. The average molecular weight is 314 g/mol. The Morgan fingerprint density at radius 3 is 2.91 bits per heavy atom. The molecule has 122 valence electrons. The molecule has 0 radical (unpaired) electrons. The van der Waals surface area contributed by atoms with Crippen molar-refractivity contribution in [2.24, 2.45) is 0 Å². The zero-order valence-electron chi connectivity index (χ0n) is 13.2. The number of nitrogens with zero attached hydrogens (tertiary/aromatic N) is 5. The van der Waals surface area contributed by atoms with Gasteiger partial charge in [0, 0.05) is 43.0 Å². The van der Waals surface area contributed by atoms with Crippen LogP contribution in [0, 0.1) is 0 Å². The first-order chi connectivity index (χ1) is 11.4. The van der Waals surface area contributed by atoms with E-state index in [2.05, 4.69) is 30.3 Å². The number of hydrogen-bond donors (Lipinski definition) is 1. The Morgan fingerprint density at radius 2 is 2.09 bits per heavy atom. The lowest BCUT2D eigenvalue weighted by Crippen LogP contribution is -2.45. The van der Waals surface area contributed by atoms with E-state index in [-0.39, 0.29) is 0 Å². The summed E-state index contributed by atoms with van der Waals surface area (Å²) in [6.45, 7) is 3.71. The summed E-state index contributed by atoms with van der Waals surface area (Å²) >= 11 is 0. The maximum absolute atomic E-state index is 5.34. The molecule has 2 aliphatic rings. The van der Waals surface area contributed by atoms with E-state index in [0.717, 1.165) is 43.5 Å². The van der Waals surface area contributed by atoms with Gasteiger partial charge >= 0.3 is 0 Å². The molecule has 0 spiro atoms. The summed E-state index contributed by atoms with van der Waals surface area (Å²) in [7, 11) is 0. The van der Waals surface area contributed by atoms with Gasteiger partial charge in [-0.1, -0.05) is 5.16 Å². The molecule has 23 heavy (non-hydrogen) atoms. The minimum Gasteiger partial charge on any atom is -0.339 e. The van der Waals surface area contributed by atoms with Gasteiger partial charge in [-0.3, -0.25) is 4.90 Å². The highest BCUT2D eigenvalue weighted by atomic mass is 16.5. The molecule has 1 atom stereocenters. The van der Waals surface area contributed by atoms with Gasteiger partial charge in [0.25, 0.3) is 0 Å². The minimum atomic E-state index is 0.485. The van der Waals surface area contributed by atoms with Crippen molar-refractivity contribution in [2.75, 3.05) is 13.1 Å². The van der Waals surface area contributed by atoms with Crippen LogP contribution >= 0.6 is 0 Å². The van der Waals surface area contributed by atoms with Crippen LogP contribution in [0.2, 0.25) is 0 Å². The molecule has 2 aromatic rings. The second kappa shape index (κ2) is 6.72. The normalized spacial score (nSPS) is 22.3. The highest BCUT2D eigenvalue weighted by molar-refractivity contribution is 5.03. The Morgan fingerprint density at radius 1 is 1.22 bits per heavy atom. The number of aromatic nitrogens is 4. The number of likely N-dealkylation sites (tertiary alicyclic amines) is 1. The molecule has 7 heteroatoms.